The van der Waals surface area contributed by atoms with Gasteiger partial charge in [0.15, 0.2) is 11.5 Å². The molecule has 2 aromatic carbocycles. The first-order chi connectivity index (χ1) is 15.5. The smallest absolute Gasteiger partial charge is 0.346 e. The standard InChI is InChI=1S/C25H25NO5S/c1-3-4-12-31-19-13-16(10-11-18(19)30-2)17-14-20(27)26-22-21(15-8-6-5-7-9-15)24(25(28)29)32-23(17)22/h5-11,13,17H,3-4,12,14H2,1-2H3,(H,26,27)(H,28,29)/t17-/m0/s1. The van der Waals surface area contributed by atoms with Crippen molar-refractivity contribution in [2.45, 2.75) is 32.1 Å². The predicted octanol–water partition coefficient (Wildman–Crippen LogP) is 5.77. The maximum absolute atomic E-state index is 12.7. The van der Waals surface area contributed by atoms with Gasteiger partial charge in [-0.05, 0) is 29.7 Å². The van der Waals surface area contributed by atoms with Crippen LogP contribution in [0.2, 0.25) is 0 Å². The van der Waals surface area contributed by atoms with E-state index in [0.717, 1.165) is 28.8 Å². The number of carbonyl (C=O) groups is 2. The van der Waals surface area contributed by atoms with E-state index in [9.17, 15) is 14.7 Å². The third-order valence-corrected chi connectivity index (χ3v) is 6.80. The Bertz CT molecular complexity index is 1140. The molecule has 1 amide bonds. The SMILES string of the molecule is CCCCOc1cc([C@@H]2CC(=O)Nc3c2sc(C(=O)O)c3-c2ccccc2)ccc1OC. The number of ether oxygens (including phenoxy) is 2. The van der Waals surface area contributed by atoms with Crippen molar-refractivity contribution in [2.75, 3.05) is 19.0 Å². The van der Waals surface area contributed by atoms with E-state index in [1.54, 1.807) is 7.11 Å². The topological polar surface area (TPSA) is 84.9 Å². The van der Waals surface area contributed by atoms with Gasteiger partial charge in [-0.25, -0.2) is 4.79 Å². The lowest BCUT2D eigenvalue weighted by Gasteiger charge is -2.24. The van der Waals surface area contributed by atoms with Crippen molar-refractivity contribution in [1.82, 2.24) is 0 Å². The number of benzene rings is 2. The minimum atomic E-state index is -1.01. The van der Waals surface area contributed by atoms with Crippen LogP contribution in [0, 0.1) is 0 Å². The van der Waals surface area contributed by atoms with Crippen LogP contribution in [0.1, 0.15) is 52.2 Å². The third kappa shape index (κ3) is 4.21. The Hall–Kier alpha value is -3.32. The number of nitrogens with one attached hydrogen (secondary N) is 1. The molecule has 0 bridgehead atoms. The van der Waals surface area contributed by atoms with E-state index < -0.39 is 5.97 Å². The van der Waals surface area contributed by atoms with Crippen molar-refractivity contribution in [2.24, 2.45) is 0 Å². The summed E-state index contributed by atoms with van der Waals surface area (Å²) < 4.78 is 11.4. The van der Waals surface area contributed by atoms with Crippen LogP contribution in [0.3, 0.4) is 0 Å². The van der Waals surface area contributed by atoms with Gasteiger partial charge in [-0.15, -0.1) is 11.3 Å². The molecule has 0 saturated heterocycles. The monoisotopic (exact) mass is 451 g/mol. The normalized spacial score (nSPS) is 15.1. The maximum atomic E-state index is 12.7. The number of methoxy groups -OCH3 is 1. The predicted molar refractivity (Wildman–Crippen MR) is 125 cm³/mol. The lowest BCUT2D eigenvalue weighted by atomic mass is 9.88. The highest BCUT2D eigenvalue weighted by atomic mass is 32.1. The summed E-state index contributed by atoms with van der Waals surface area (Å²) in [5, 5.41) is 12.8. The maximum Gasteiger partial charge on any atom is 0.346 e. The number of aromatic carboxylic acids is 1. The number of carboxylic acid groups (broad SMARTS) is 1. The number of unbranched alkanes of at least 4 members (excludes halogenated alkanes) is 1. The fraction of sp³-hybridized carbons (Fsp3) is 0.280. The number of hydrogen-bond donors (Lipinski definition) is 2. The number of anilines is 1. The summed E-state index contributed by atoms with van der Waals surface area (Å²) >= 11 is 1.22. The van der Waals surface area contributed by atoms with Crippen LogP contribution >= 0.6 is 11.3 Å². The van der Waals surface area contributed by atoms with E-state index in [0.29, 0.717) is 29.4 Å². The van der Waals surface area contributed by atoms with Gasteiger partial charge >= 0.3 is 5.97 Å². The summed E-state index contributed by atoms with van der Waals surface area (Å²) in [7, 11) is 1.60. The van der Waals surface area contributed by atoms with E-state index in [1.165, 1.54) is 11.3 Å². The summed E-state index contributed by atoms with van der Waals surface area (Å²) in [6.07, 6.45) is 2.18. The lowest BCUT2D eigenvalue weighted by Crippen LogP contribution is -2.22. The second-order valence-corrected chi connectivity index (χ2v) is 8.69. The first kappa shape index (κ1) is 21.9. The van der Waals surface area contributed by atoms with Crippen LogP contribution in [-0.2, 0) is 4.79 Å². The summed E-state index contributed by atoms with van der Waals surface area (Å²) in [5.41, 5.74) is 2.81. The third-order valence-electron chi connectivity index (χ3n) is 5.51. The molecule has 0 fully saturated rings. The van der Waals surface area contributed by atoms with Gasteiger partial charge in [-0.2, -0.15) is 0 Å². The molecular weight excluding hydrogens is 426 g/mol. The van der Waals surface area contributed by atoms with Crippen LogP contribution in [0.5, 0.6) is 11.5 Å². The fourth-order valence-corrected chi connectivity index (χ4v) is 5.18. The molecular formula is C25H25NO5S. The number of amides is 1. The summed E-state index contributed by atoms with van der Waals surface area (Å²) in [5.74, 6) is -0.149. The first-order valence-electron chi connectivity index (χ1n) is 10.6. The molecule has 3 aromatic rings. The van der Waals surface area contributed by atoms with Crippen molar-refractivity contribution in [1.29, 1.82) is 0 Å². The number of carboxylic acids is 1. The Labute approximate surface area is 190 Å². The highest BCUT2D eigenvalue weighted by Gasteiger charge is 2.34. The van der Waals surface area contributed by atoms with Crippen LogP contribution in [-0.4, -0.2) is 30.7 Å². The first-order valence-corrected chi connectivity index (χ1v) is 11.4. The molecule has 7 heteroatoms. The molecule has 2 N–H and O–H groups in total. The van der Waals surface area contributed by atoms with Crippen molar-refractivity contribution in [3.63, 3.8) is 0 Å². The Morgan fingerprint density at radius 2 is 1.97 bits per heavy atom. The van der Waals surface area contributed by atoms with Gasteiger partial charge in [0.2, 0.25) is 5.91 Å². The van der Waals surface area contributed by atoms with Crippen molar-refractivity contribution in [3.05, 3.63) is 63.8 Å². The van der Waals surface area contributed by atoms with Crippen LogP contribution < -0.4 is 14.8 Å². The average Bonchev–Trinajstić information content (AvgIpc) is 3.19. The van der Waals surface area contributed by atoms with E-state index in [1.807, 2.05) is 48.5 Å². The van der Waals surface area contributed by atoms with Crippen LogP contribution in [0.25, 0.3) is 11.1 Å². The molecule has 0 radical (unpaired) electrons. The zero-order chi connectivity index (χ0) is 22.7. The summed E-state index contributed by atoms with van der Waals surface area (Å²) in [4.78, 5) is 25.8. The Balaban J connectivity index is 1.82. The number of hydrogen-bond acceptors (Lipinski definition) is 5. The molecule has 1 aliphatic rings. The van der Waals surface area contributed by atoms with E-state index >= 15 is 0 Å². The molecule has 1 aliphatic heterocycles. The summed E-state index contributed by atoms with van der Waals surface area (Å²) in [6.45, 7) is 2.67. The largest absolute Gasteiger partial charge is 0.493 e. The van der Waals surface area contributed by atoms with Crippen molar-refractivity contribution in [3.8, 4) is 22.6 Å². The second kappa shape index (κ2) is 9.44. The Morgan fingerprint density at radius 3 is 2.66 bits per heavy atom. The molecule has 0 aliphatic carbocycles. The molecule has 6 nitrogen and oxygen atoms in total. The molecule has 4 rings (SSSR count). The van der Waals surface area contributed by atoms with Gasteiger partial charge in [0.05, 0.1) is 19.4 Å². The van der Waals surface area contributed by atoms with Gasteiger partial charge in [-0.1, -0.05) is 49.7 Å². The zero-order valence-electron chi connectivity index (χ0n) is 18.0. The molecule has 1 aromatic heterocycles. The highest BCUT2D eigenvalue weighted by molar-refractivity contribution is 7.15. The molecule has 166 valence electrons. The molecule has 0 unspecified atom stereocenters. The van der Waals surface area contributed by atoms with E-state index in [-0.39, 0.29) is 23.1 Å². The fourth-order valence-electron chi connectivity index (χ4n) is 3.94. The highest BCUT2D eigenvalue weighted by Crippen LogP contribution is 2.50. The Morgan fingerprint density at radius 1 is 1.19 bits per heavy atom. The Kier molecular flexibility index (Phi) is 6.46. The molecule has 0 spiro atoms. The van der Waals surface area contributed by atoms with Crippen LogP contribution in [0.15, 0.2) is 48.5 Å². The van der Waals surface area contributed by atoms with Gasteiger partial charge in [-0.3, -0.25) is 4.79 Å². The van der Waals surface area contributed by atoms with Gasteiger partial charge in [0.1, 0.15) is 4.88 Å². The molecule has 32 heavy (non-hydrogen) atoms. The molecule has 0 saturated carbocycles. The molecule has 1 atom stereocenters. The minimum absolute atomic E-state index is 0.140. The second-order valence-electron chi connectivity index (χ2n) is 7.63. The van der Waals surface area contributed by atoms with Gasteiger partial charge < -0.3 is 19.9 Å². The average molecular weight is 452 g/mol. The number of thiophene rings is 1. The quantitative estimate of drug-likeness (QED) is 0.425. The van der Waals surface area contributed by atoms with Crippen molar-refractivity contribution >= 4 is 28.9 Å². The van der Waals surface area contributed by atoms with Crippen LogP contribution in [0.4, 0.5) is 5.69 Å². The lowest BCUT2D eigenvalue weighted by molar-refractivity contribution is -0.116. The van der Waals surface area contributed by atoms with Crippen molar-refractivity contribution < 1.29 is 24.2 Å². The van der Waals surface area contributed by atoms with E-state index in [4.69, 9.17) is 9.47 Å². The minimum Gasteiger partial charge on any atom is -0.493 e. The number of rotatable bonds is 8. The zero-order valence-corrected chi connectivity index (χ0v) is 18.8. The molecule has 2 heterocycles. The van der Waals surface area contributed by atoms with Gasteiger partial charge in [0, 0.05) is 22.8 Å². The van der Waals surface area contributed by atoms with Gasteiger partial charge in [0.25, 0.3) is 0 Å². The number of carbonyl (C=O) groups excluding carboxylic acids is 1. The summed E-state index contributed by atoms with van der Waals surface area (Å²) in [6, 6.07) is 15.0. The van der Waals surface area contributed by atoms with E-state index in [2.05, 4.69) is 12.2 Å². The number of fused-ring (bicyclic) bond motifs is 1.